The van der Waals surface area contributed by atoms with Gasteiger partial charge in [-0.25, -0.2) is 0 Å². The third-order valence-electron chi connectivity index (χ3n) is 3.75. The molecule has 1 N–H and O–H groups in total. The lowest BCUT2D eigenvalue weighted by Gasteiger charge is -2.22. The van der Waals surface area contributed by atoms with Crippen molar-refractivity contribution in [3.8, 4) is 5.75 Å². The molecule has 118 valence electrons. The summed E-state index contributed by atoms with van der Waals surface area (Å²) in [5, 5.41) is 3.53. The lowest BCUT2D eigenvalue weighted by molar-refractivity contribution is 0.0902. The molecule has 0 spiro atoms. The van der Waals surface area contributed by atoms with Crippen LogP contribution >= 0.6 is 0 Å². The predicted octanol–water partition coefficient (Wildman–Crippen LogP) is 3.83. The Morgan fingerprint density at radius 2 is 2.14 bits per heavy atom. The lowest BCUT2D eigenvalue weighted by atomic mass is 10.1. The van der Waals surface area contributed by atoms with Crippen LogP contribution in [0.3, 0.4) is 0 Å². The molecule has 1 saturated heterocycles. The van der Waals surface area contributed by atoms with E-state index in [1.54, 1.807) is 0 Å². The average molecular weight is 291 g/mol. The van der Waals surface area contributed by atoms with Gasteiger partial charge in [-0.15, -0.1) is 0 Å². The van der Waals surface area contributed by atoms with Gasteiger partial charge in [0.2, 0.25) is 0 Å². The van der Waals surface area contributed by atoms with Crippen molar-refractivity contribution in [2.45, 2.75) is 65.1 Å². The van der Waals surface area contributed by atoms with Crippen LogP contribution in [0.2, 0.25) is 0 Å². The van der Waals surface area contributed by atoms with Crippen LogP contribution in [0.1, 0.15) is 51.2 Å². The third-order valence-corrected chi connectivity index (χ3v) is 3.75. The van der Waals surface area contributed by atoms with Crippen LogP contribution in [0.5, 0.6) is 5.75 Å². The van der Waals surface area contributed by atoms with Crippen LogP contribution < -0.4 is 10.1 Å². The molecule has 21 heavy (non-hydrogen) atoms. The zero-order valence-electron chi connectivity index (χ0n) is 13.9. The summed E-state index contributed by atoms with van der Waals surface area (Å²) < 4.78 is 11.6. The zero-order chi connectivity index (χ0) is 15.3. The normalized spacial score (nSPS) is 19.0. The molecule has 3 heteroatoms. The molecule has 0 radical (unpaired) electrons. The first-order valence-corrected chi connectivity index (χ1v) is 8.03. The van der Waals surface area contributed by atoms with Crippen molar-refractivity contribution in [2.75, 3.05) is 13.2 Å². The minimum atomic E-state index is 0.110. The van der Waals surface area contributed by atoms with Crippen LogP contribution in [0.15, 0.2) is 18.2 Å². The van der Waals surface area contributed by atoms with Gasteiger partial charge in [0.15, 0.2) is 0 Å². The Morgan fingerprint density at radius 1 is 1.33 bits per heavy atom. The molecule has 0 bridgehead atoms. The maximum Gasteiger partial charge on any atom is 0.123 e. The first-order valence-electron chi connectivity index (χ1n) is 8.03. The highest BCUT2D eigenvalue weighted by Crippen LogP contribution is 2.22. The Morgan fingerprint density at radius 3 is 2.81 bits per heavy atom. The van der Waals surface area contributed by atoms with Gasteiger partial charge < -0.3 is 14.8 Å². The molecule has 0 aliphatic carbocycles. The summed E-state index contributed by atoms with van der Waals surface area (Å²) in [5.41, 5.74) is 2.61. The second-order valence-electron chi connectivity index (χ2n) is 6.99. The van der Waals surface area contributed by atoms with Gasteiger partial charge in [0.1, 0.15) is 5.75 Å². The molecule has 1 aromatic rings. The topological polar surface area (TPSA) is 30.5 Å². The minimum Gasteiger partial charge on any atom is -0.493 e. The Kier molecular flexibility index (Phi) is 5.65. The van der Waals surface area contributed by atoms with Crippen LogP contribution in [0.25, 0.3) is 0 Å². The summed E-state index contributed by atoms with van der Waals surface area (Å²) in [6, 6.07) is 6.41. The van der Waals surface area contributed by atoms with Crippen molar-refractivity contribution in [3.63, 3.8) is 0 Å². The maximum atomic E-state index is 6.00. The predicted molar refractivity (Wildman–Crippen MR) is 86.9 cm³/mol. The maximum absolute atomic E-state index is 6.00. The fourth-order valence-corrected chi connectivity index (χ4v) is 2.52. The first-order chi connectivity index (χ1) is 9.94. The molecular weight excluding hydrogens is 262 g/mol. The summed E-state index contributed by atoms with van der Waals surface area (Å²) in [6.45, 7) is 11.1. The van der Waals surface area contributed by atoms with E-state index in [0.29, 0.717) is 6.10 Å². The van der Waals surface area contributed by atoms with Crippen LogP contribution in [-0.2, 0) is 11.3 Å². The van der Waals surface area contributed by atoms with Crippen molar-refractivity contribution in [3.05, 3.63) is 29.3 Å². The molecule has 1 aliphatic rings. The monoisotopic (exact) mass is 291 g/mol. The van der Waals surface area contributed by atoms with Crippen LogP contribution in [0.4, 0.5) is 0 Å². The molecule has 1 fully saturated rings. The minimum absolute atomic E-state index is 0.110. The summed E-state index contributed by atoms with van der Waals surface area (Å²) in [4.78, 5) is 0. The third kappa shape index (κ3) is 5.68. The fourth-order valence-electron chi connectivity index (χ4n) is 2.52. The van der Waals surface area contributed by atoms with Gasteiger partial charge in [-0.2, -0.15) is 0 Å². The largest absolute Gasteiger partial charge is 0.493 e. The molecule has 1 aromatic carbocycles. The standard InChI is InChI=1S/C18H29NO2/c1-14-7-8-17(15(12-14)13-19-18(2,3)4)21-11-9-16-6-5-10-20-16/h7-8,12,16,19H,5-6,9-11,13H2,1-4H3. The Hall–Kier alpha value is -1.06. The molecule has 2 rings (SSSR count). The smallest absolute Gasteiger partial charge is 0.123 e. The van der Waals surface area contributed by atoms with Gasteiger partial charge in [0.25, 0.3) is 0 Å². The van der Waals surface area contributed by atoms with Crippen molar-refractivity contribution < 1.29 is 9.47 Å². The number of hydrogen-bond acceptors (Lipinski definition) is 3. The van der Waals surface area contributed by atoms with E-state index in [-0.39, 0.29) is 5.54 Å². The molecule has 0 amide bonds. The number of aryl methyl sites for hydroxylation is 1. The number of ether oxygens (including phenoxy) is 2. The Bertz CT molecular complexity index is 445. The van der Waals surface area contributed by atoms with Gasteiger partial charge in [0, 0.05) is 30.7 Å². The van der Waals surface area contributed by atoms with Gasteiger partial charge in [-0.3, -0.25) is 0 Å². The van der Waals surface area contributed by atoms with E-state index in [1.807, 2.05) is 0 Å². The Labute approximate surface area is 129 Å². The average Bonchev–Trinajstić information content (AvgIpc) is 2.91. The van der Waals surface area contributed by atoms with Crippen molar-refractivity contribution in [1.29, 1.82) is 0 Å². The number of benzene rings is 1. The lowest BCUT2D eigenvalue weighted by Crippen LogP contribution is -2.35. The van der Waals surface area contributed by atoms with Gasteiger partial charge in [-0.05, 0) is 46.6 Å². The number of hydrogen-bond donors (Lipinski definition) is 1. The molecule has 0 saturated carbocycles. The second kappa shape index (κ2) is 7.28. The van der Waals surface area contributed by atoms with E-state index in [9.17, 15) is 0 Å². The quantitative estimate of drug-likeness (QED) is 0.864. The van der Waals surface area contributed by atoms with E-state index in [1.165, 1.54) is 24.0 Å². The SMILES string of the molecule is Cc1ccc(OCCC2CCCO2)c(CNC(C)(C)C)c1. The molecule has 0 aromatic heterocycles. The zero-order valence-corrected chi connectivity index (χ0v) is 13.9. The first kappa shape index (κ1) is 16.3. The summed E-state index contributed by atoms with van der Waals surface area (Å²) in [5.74, 6) is 0.996. The molecule has 3 nitrogen and oxygen atoms in total. The van der Waals surface area contributed by atoms with E-state index < -0.39 is 0 Å². The van der Waals surface area contributed by atoms with E-state index >= 15 is 0 Å². The highest BCUT2D eigenvalue weighted by Gasteiger charge is 2.16. The van der Waals surface area contributed by atoms with Gasteiger partial charge in [0.05, 0.1) is 12.7 Å². The van der Waals surface area contributed by atoms with Crippen molar-refractivity contribution in [2.24, 2.45) is 0 Å². The highest BCUT2D eigenvalue weighted by molar-refractivity contribution is 5.37. The van der Waals surface area contributed by atoms with Gasteiger partial charge in [-0.1, -0.05) is 17.7 Å². The number of rotatable bonds is 6. The molecule has 1 heterocycles. The van der Waals surface area contributed by atoms with E-state index in [0.717, 1.165) is 31.9 Å². The summed E-state index contributed by atoms with van der Waals surface area (Å²) in [6.07, 6.45) is 3.75. The van der Waals surface area contributed by atoms with E-state index in [4.69, 9.17) is 9.47 Å². The fraction of sp³-hybridized carbons (Fsp3) is 0.667. The van der Waals surface area contributed by atoms with Crippen LogP contribution in [0, 0.1) is 6.92 Å². The molecular formula is C18H29NO2. The highest BCUT2D eigenvalue weighted by atomic mass is 16.5. The van der Waals surface area contributed by atoms with Crippen molar-refractivity contribution >= 4 is 0 Å². The Balaban J connectivity index is 1.90. The van der Waals surface area contributed by atoms with Crippen molar-refractivity contribution in [1.82, 2.24) is 5.32 Å². The molecule has 1 aliphatic heterocycles. The summed E-state index contributed by atoms with van der Waals surface area (Å²) in [7, 11) is 0. The second-order valence-corrected chi connectivity index (χ2v) is 6.99. The van der Waals surface area contributed by atoms with Crippen LogP contribution in [-0.4, -0.2) is 24.9 Å². The molecule has 1 atom stereocenters. The number of nitrogens with one attached hydrogen (secondary N) is 1. The summed E-state index contributed by atoms with van der Waals surface area (Å²) >= 11 is 0. The molecule has 1 unspecified atom stereocenters. The van der Waals surface area contributed by atoms with E-state index in [2.05, 4.69) is 51.2 Å². The van der Waals surface area contributed by atoms with Gasteiger partial charge >= 0.3 is 0 Å².